The molecule has 12 nitrogen and oxygen atoms in total. The molecule has 0 heterocycles. The molecule has 2 N–H and O–H groups in total. The van der Waals surface area contributed by atoms with Crippen molar-refractivity contribution in [2.75, 3.05) is 25.5 Å². The number of unbranched alkanes of at least 4 members (excludes halogenated alkanes) is 2. The fraction of sp³-hybridized carbons (Fsp3) is 0.623. The van der Waals surface area contributed by atoms with Gasteiger partial charge < -0.3 is 20.1 Å². The van der Waals surface area contributed by atoms with Gasteiger partial charge in [-0.1, -0.05) is 195 Å². The Hall–Kier alpha value is -5.39. The molecular weight excluding hydrogens is 915 g/mol. The number of nitrogens with one attached hydrogen (secondary N) is 1. The van der Waals surface area contributed by atoms with Crippen LogP contribution in [0.15, 0.2) is 94.5 Å². The van der Waals surface area contributed by atoms with Crippen molar-refractivity contribution in [1.29, 1.82) is 0 Å². The minimum Gasteiger partial charge on any atom is -0.509 e. The van der Waals surface area contributed by atoms with Gasteiger partial charge in [0.2, 0.25) is 11.8 Å². The molecule has 12 heteroatoms. The largest absolute Gasteiger partial charge is 0.509 e. The predicted octanol–water partition coefficient (Wildman–Crippen LogP) is 19.2. The Morgan fingerprint density at radius 1 is 0.726 bits per heavy atom. The van der Waals surface area contributed by atoms with E-state index in [9.17, 15) is 29.6 Å². The van der Waals surface area contributed by atoms with E-state index in [2.05, 4.69) is 79.3 Å². The number of hydrogen-bond donors (Lipinski definition) is 2. The minimum absolute atomic E-state index is 0. The first-order valence-corrected chi connectivity index (χ1v) is 23.7. The smallest absolute Gasteiger partial charge is 0.273 e. The van der Waals surface area contributed by atoms with Crippen LogP contribution in [-0.2, 0) is 20.8 Å². The zero-order valence-corrected chi connectivity index (χ0v) is 39.8. The van der Waals surface area contributed by atoms with Gasteiger partial charge in [-0.25, -0.2) is 0 Å². The monoisotopic (exact) mass is 1030 g/mol. The number of nitro benzene ring substituents is 1. The average Bonchev–Trinajstić information content (AvgIpc) is 3.30. The number of rotatable bonds is 30. The summed E-state index contributed by atoms with van der Waals surface area (Å²) in [5.41, 5.74) is 1.96. The van der Waals surface area contributed by atoms with E-state index in [0.717, 1.165) is 83.7 Å². The third-order valence-electron chi connectivity index (χ3n) is 12.6. The maximum Gasteiger partial charge on any atom is 0.273 e. The molecule has 0 saturated heterocycles. The van der Waals surface area contributed by atoms with Gasteiger partial charge in [0, 0.05) is 50.0 Å². The van der Waals surface area contributed by atoms with Gasteiger partial charge in [0.25, 0.3) is 5.69 Å². The number of azo groups is 1. The van der Waals surface area contributed by atoms with Gasteiger partial charge in [-0.05, 0) is 86.0 Å². The maximum atomic E-state index is 15.0. The van der Waals surface area contributed by atoms with Gasteiger partial charge in [0.1, 0.15) is 11.4 Å². The number of amides is 2. The molecule has 422 valence electrons. The number of carbonyl (C=O) groups is 3. The van der Waals surface area contributed by atoms with E-state index < -0.39 is 16.6 Å². The van der Waals surface area contributed by atoms with Gasteiger partial charge in [-0.2, -0.15) is 0 Å². The Kier molecular flexibility index (Phi) is 49.4. The lowest BCUT2D eigenvalue weighted by Gasteiger charge is -2.34. The highest BCUT2D eigenvalue weighted by atomic mass is 16.6. The van der Waals surface area contributed by atoms with Gasteiger partial charge in [0.05, 0.1) is 18.1 Å². The van der Waals surface area contributed by atoms with E-state index in [4.69, 9.17) is 4.74 Å². The summed E-state index contributed by atoms with van der Waals surface area (Å²) in [6, 6.07) is 21.4. The first kappa shape index (κ1) is 81.7. The van der Waals surface area contributed by atoms with Gasteiger partial charge in [-0.15, -0.1) is 10.2 Å². The van der Waals surface area contributed by atoms with E-state index in [-0.39, 0.29) is 120 Å². The van der Waals surface area contributed by atoms with Crippen LogP contribution in [-0.4, -0.2) is 52.7 Å². The molecule has 3 aromatic rings. The van der Waals surface area contributed by atoms with E-state index in [0.29, 0.717) is 41.8 Å². The molecule has 0 radical (unpaired) electrons. The van der Waals surface area contributed by atoms with Crippen LogP contribution < -0.4 is 10.1 Å². The summed E-state index contributed by atoms with van der Waals surface area (Å²) < 4.78 is 5.23. The van der Waals surface area contributed by atoms with Crippen molar-refractivity contribution in [3.8, 4) is 5.75 Å². The predicted molar refractivity (Wildman–Crippen MR) is 318 cm³/mol. The first-order valence-electron chi connectivity index (χ1n) is 23.7. The molecule has 0 saturated carbocycles. The van der Waals surface area contributed by atoms with Crippen LogP contribution in [0.3, 0.4) is 0 Å². The Bertz CT molecular complexity index is 1970. The highest BCUT2D eigenvalue weighted by Gasteiger charge is 2.30. The number of aliphatic hydroxyl groups is 1. The summed E-state index contributed by atoms with van der Waals surface area (Å²) in [6.07, 6.45) is 12.5. The van der Waals surface area contributed by atoms with Crippen molar-refractivity contribution >= 4 is 34.7 Å². The zero-order valence-electron chi connectivity index (χ0n) is 39.8. The molecule has 5 unspecified atom stereocenters. The molecule has 5 atom stereocenters. The summed E-state index contributed by atoms with van der Waals surface area (Å²) in [4.78, 5) is 54.5. The van der Waals surface area contributed by atoms with Crippen molar-refractivity contribution in [2.45, 2.75) is 211 Å². The highest BCUT2D eigenvalue weighted by Crippen LogP contribution is 2.34. The SMILES string of the molecule is C.C.C.C.C.C.C.C.C.CCCCC(CC)CN(CC(CC)CCCC)C(=O)C(CCC(C)C(=O)Nc1ccccc1CC(O)=C(N=Nc1ccc([N+](=O)[O-])cc1OC)C(C)=O)CCC(CC)c1ccccc1. The number of Topliss-reactive ketones (excluding diaryl/α,β-unsaturated/α-hetero) is 1. The Labute approximate surface area is 448 Å². The Balaban J connectivity index is -0.000000968. The number of aliphatic hydroxyl groups excluding tert-OH is 1. The summed E-state index contributed by atoms with van der Waals surface area (Å²) in [5.74, 6) is -0.222. The van der Waals surface area contributed by atoms with Crippen molar-refractivity contribution in [3.63, 3.8) is 0 Å². The van der Waals surface area contributed by atoms with E-state index in [1.807, 2.05) is 13.0 Å². The lowest BCUT2D eigenvalue weighted by molar-refractivity contribution is -0.384. The molecule has 0 bridgehead atoms. The fourth-order valence-corrected chi connectivity index (χ4v) is 8.29. The summed E-state index contributed by atoms with van der Waals surface area (Å²) in [5, 5.41) is 33.6. The van der Waals surface area contributed by atoms with Crippen molar-refractivity contribution in [3.05, 3.63) is 105 Å². The first-order chi connectivity index (χ1) is 30.8. The summed E-state index contributed by atoms with van der Waals surface area (Å²) in [7, 11) is 1.33. The van der Waals surface area contributed by atoms with Crippen molar-refractivity contribution in [1.82, 2.24) is 4.90 Å². The molecule has 3 aromatic carbocycles. The number of benzene rings is 3. The van der Waals surface area contributed by atoms with Crippen LogP contribution in [0.5, 0.6) is 5.75 Å². The van der Waals surface area contributed by atoms with E-state index in [1.54, 1.807) is 24.3 Å². The number of ether oxygens (including phenoxy) is 1. The maximum absolute atomic E-state index is 15.0. The van der Waals surface area contributed by atoms with Crippen LogP contribution in [0.2, 0.25) is 0 Å². The number of nitro groups is 1. The molecule has 0 aromatic heterocycles. The van der Waals surface area contributed by atoms with Crippen LogP contribution in [0.4, 0.5) is 17.1 Å². The standard InChI is InChI=1S/C52H75N5O7.9CH4/c1-9-14-21-39(11-3)35-56(36-40(12-4)22-15-10-2)52(61)43(30-29-41(13-5)42-23-17-16-18-24-42)28-27-37(6)51(60)53-46-26-20-19-25-44(46)33-48(59)50(38(7)58)55-54-47-32-31-45(57(62)63)34-49(47)64-8;;;;;;;;;/h16-20,23-26,31-32,34,37,39-41,43,59H,9-15,21-22,27-30,33,35-36H2,1-8H3,(H,53,60);9*1H4. The van der Waals surface area contributed by atoms with Crippen LogP contribution in [0, 0.1) is 33.8 Å². The van der Waals surface area contributed by atoms with Crippen LogP contribution >= 0.6 is 0 Å². The normalized spacial score (nSPS) is 12.5. The summed E-state index contributed by atoms with van der Waals surface area (Å²) >= 11 is 0. The Morgan fingerprint density at radius 3 is 1.75 bits per heavy atom. The molecule has 0 aliphatic rings. The minimum atomic E-state index is -0.566. The molecule has 3 rings (SSSR count). The third-order valence-corrected chi connectivity index (χ3v) is 12.6. The number of methoxy groups -OCH3 is 1. The molecule has 0 aliphatic heterocycles. The molecule has 0 spiro atoms. The average molecular weight is 1030 g/mol. The number of ketones is 1. The quantitative estimate of drug-likeness (QED) is 0.0221. The highest BCUT2D eigenvalue weighted by molar-refractivity contribution is 5.94. The molecule has 73 heavy (non-hydrogen) atoms. The van der Waals surface area contributed by atoms with Crippen LogP contribution in [0.1, 0.15) is 216 Å². The number of non-ortho nitro benzene ring substituents is 1. The second-order valence-corrected chi connectivity index (χ2v) is 17.3. The number of anilines is 1. The van der Waals surface area contributed by atoms with Crippen molar-refractivity contribution < 1.29 is 29.2 Å². The van der Waals surface area contributed by atoms with E-state index >= 15 is 0 Å². The number of allylic oxidation sites excluding steroid dienone is 2. The Morgan fingerprint density at radius 2 is 1.26 bits per heavy atom. The number of hydrogen-bond acceptors (Lipinski definition) is 9. The van der Waals surface area contributed by atoms with Crippen molar-refractivity contribution in [2.24, 2.45) is 33.9 Å². The molecule has 0 fully saturated rings. The third kappa shape index (κ3) is 26.9. The molecular formula is C61H111N5O7. The van der Waals surface area contributed by atoms with E-state index in [1.165, 1.54) is 37.8 Å². The van der Waals surface area contributed by atoms with Gasteiger partial charge >= 0.3 is 0 Å². The lowest BCUT2D eigenvalue weighted by atomic mass is 9.84. The zero-order chi connectivity index (χ0) is 47.0. The lowest BCUT2D eigenvalue weighted by Crippen LogP contribution is -2.42. The topological polar surface area (TPSA) is 164 Å². The van der Waals surface area contributed by atoms with Gasteiger partial charge in [0.15, 0.2) is 17.2 Å². The van der Waals surface area contributed by atoms with Gasteiger partial charge in [-0.3, -0.25) is 24.5 Å². The summed E-state index contributed by atoms with van der Waals surface area (Å²) in [6.45, 7) is 15.8. The fourth-order valence-electron chi connectivity index (χ4n) is 8.29. The second-order valence-electron chi connectivity index (χ2n) is 17.3. The second kappa shape index (κ2) is 44.1. The van der Waals surface area contributed by atoms with Crippen LogP contribution in [0.25, 0.3) is 0 Å². The molecule has 0 aliphatic carbocycles. The number of nitrogens with zero attached hydrogens (tertiary/aromatic N) is 4. The molecule has 2 amide bonds. The number of carbonyl (C=O) groups excluding carboxylic acids is 3. The number of para-hydroxylation sites is 1.